The van der Waals surface area contributed by atoms with Crippen molar-refractivity contribution in [3.8, 4) is 0 Å². The molecule has 1 amide bonds. The molecule has 0 spiro atoms. The number of phosphoric acid groups is 1. The van der Waals surface area contributed by atoms with Crippen molar-refractivity contribution in [2.24, 2.45) is 21.7 Å². The Morgan fingerprint density at radius 3 is 1.89 bits per heavy atom. The van der Waals surface area contributed by atoms with Crippen molar-refractivity contribution in [1.29, 1.82) is 0 Å². The minimum absolute atomic E-state index is 0.00170. The monoisotopic (exact) mass is 647 g/mol. The lowest BCUT2D eigenvalue weighted by Gasteiger charge is -2.35. The molecule has 0 aliphatic heterocycles. The normalized spacial score (nSPS) is 16.3. The first-order valence-corrected chi connectivity index (χ1v) is 18.5. The molecule has 0 bridgehead atoms. The third-order valence-electron chi connectivity index (χ3n) is 8.37. The van der Waals surface area contributed by atoms with Gasteiger partial charge in [-0.15, -0.1) is 0 Å². The number of aliphatic hydroxyl groups is 1. The molecule has 262 valence electrons. The van der Waals surface area contributed by atoms with E-state index in [1.165, 1.54) is 12.8 Å². The Hall–Kier alpha value is -0.760. The smallest absolute Gasteiger partial charge is 0.268 e. The summed E-state index contributed by atoms with van der Waals surface area (Å²) in [6.07, 6.45) is 13.0. The second-order valence-electron chi connectivity index (χ2n) is 16.5. The van der Waals surface area contributed by atoms with E-state index < -0.39 is 26.6 Å². The molecule has 0 aliphatic rings. The van der Waals surface area contributed by atoms with Gasteiger partial charge in [0.25, 0.3) is 7.82 Å². The summed E-state index contributed by atoms with van der Waals surface area (Å²) in [6.45, 7) is 22.8. The van der Waals surface area contributed by atoms with Gasteiger partial charge in [0.15, 0.2) is 0 Å². The molecule has 0 aliphatic carbocycles. The molecule has 0 saturated heterocycles. The zero-order chi connectivity index (χ0) is 34.2. The van der Waals surface area contributed by atoms with Crippen LogP contribution in [-0.2, 0) is 18.4 Å². The van der Waals surface area contributed by atoms with E-state index in [1.54, 1.807) is 6.08 Å². The highest BCUT2D eigenvalue weighted by Crippen LogP contribution is 2.41. The number of rotatable bonds is 25. The van der Waals surface area contributed by atoms with Crippen LogP contribution in [0.2, 0.25) is 0 Å². The quantitative estimate of drug-likeness (QED) is 0.0775. The van der Waals surface area contributed by atoms with Gasteiger partial charge in [-0.2, -0.15) is 0 Å². The summed E-state index contributed by atoms with van der Waals surface area (Å²) >= 11 is 0. The van der Waals surface area contributed by atoms with Crippen molar-refractivity contribution < 1.29 is 33.3 Å². The van der Waals surface area contributed by atoms with Crippen LogP contribution >= 0.6 is 7.82 Å². The van der Waals surface area contributed by atoms with Gasteiger partial charge in [0.05, 0.1) is 32.8 Å². The van der Waals surface area contributed by atoms with Crippen LogP contribution in [0, 0.1) is 21.7 Å². The average Bonchev–Trinajstić information content (AvgIpc) is 2.82. The number of allylic oxidation sites excluding steroid dienone is 1. The fourth-order valence-corrected chi connectivity index (χ4v) is 7.68. The Bertz CT molecular complexity index is 884. The molecule has 0 saturated carbocycles. The number of phosphoric ester groups is 1. The minimum atomic E-state index is -4.58. The zero-order valence-corrected chi connectivity index (χ0v) is 31.5. The summed E-state index contributed by atoms with van der Waals surface area (Å²) in [7, 11) is -0.790. The van der Waals surface area contributed by atoms with Crippen LogP contribution < -0.4 is 15.1 Å². The molecular formula is C35H71N2O6P. The molecule has 3 N–H and O–H groups in total. The highest BCUT2D eigenvalue weighted by molar-refractivity contribution is 7.45. The van der Waals surface area contributed by atoms with Gasteiger partial charge in [-0.3, -0.25) is 9.36 Å². The van der Waals surface area contributed by atoms with Gasteiger partial charge in [-0.1, -0.05) is 94.2 Å². The molecule has 0 fully saturated rings. The van der Waals surface area contributed by atoms with Gasteiger partial charge in [0.1, 0.15) is 13.2 Å². The molecule has 0 aromatic carbocycles. The number of likely N-dealkylation sites (N-methyl/N-ethyl adjacent to an activating group) is 1. The Labute approximate surface area is 271 Å². The van der Waals surface area contributed by atoms with Gasteiger partial charge in [0.2, 0.25) is 5.91 Å². The third kappa shape index (κ3) is 21.9. The molecule has 8 nitrogen and oxygen atoms in total. The summed E-state index contributed by atoms with van der Waals surface area (Å²) in [6, 6.07) is -0.919. The summed E-state index contributed by atoms with van der Waals surface area (Å²) in [5, 5.41) is 13.8. The highest BCUT2D eigenvalue weighted by atomic mass is 31.2. The van der Waals surface area contributed by atoms with Gasteiger partial charge >= 0.3 is 0 Å². The predicted octanol–water partition coefficient (Wildman–Crippen LogP) is 6.47. The molecule has 9 heteroatoms. The fraction of sp³-hybridized carbons (Fsp3) is 0.914. The lowest BCUT2D eigenvalue weighted by atomic mass is 9.71. The number of hydrogen-bond donors (Lipinski definition) is 3. The molecule has 0 aromatic heterocycles. The van der Waals surface area contributed by atoms with Crippen LogP contribution in [-0.4, -0.2) is 57.0 Å². The lowest BCUT2D eigenvalue weighted by molar-refractivity contribution is -0.858. The van der Waals surface area contributed by atoms with E-state index in [2.05, 4.69) is 74.6 Å². The predicted molar refractivity (Wildman–Crippen MR) is 182 cm³/mol. The van der Waals surface area contributed by atoms with Crippen molar-refractivity contribution in [3.05, 3.63) is 12.2 Å². The molecule has 0 heterocycles. The van der Waals surface area contributed by atoms with Gasteiger partial charge in [-0.05, 0) is 73.0 Å². The maximum absolute atomic E-state index is 13.0. The van der Waals surface area contributed by atoms with Gasteiger partial charge < -0.3 is 29.3 Å². The Morgan fingerprint density at radius 1 is 0.886 bits per heavy atom. The van der Waals surface area contributed by atoms with Crippen LogP contribution in [0.3, 0.4) is 0 Å². The number of amides is 1. The summed E-state index contributed by atoms with van der Waals surface area (Å²) in [5.74, 6) is -0.230. The summed E-state index contributed by atoms with van der Waals surface area (Å²) < 4.78 is 22.5. The van der Waals surface area contributed by atoms with Gasteiger partial charge in [-0.25, -0.2) is 0 Å². The van der Waals surface area contributed by atoms with Crippen molar-refractivity contribution in [2.75, 3.05) is 33.9 Å². The molecule has 0 aromatic rings. The minimum Gasteiger partial charge on any atom is -0.756 e. The van der Waals surface area contributed by atoms with E-state index in [9.17, 15) is 19.4 Å². The van der Waals surface area contributed by atoms with Gasteiger partial charge in [0, 0.05) is 6.42 Å². The zero-order valence-electron chi connectivity index (χ0n) is 30.6. The summed E-state index contributed by atoms with van der Waals surface area (Å²) in [4.78, 5) is 26.4. The SMILES string of the molecule is CCCC(C)(C)CC(C)(C)CCC=CC(O)C(COP(=O)([O-])OCC[NH+](C)C)NC(=O)CCCC(C)(C)CC(C)(C)CCC. The largest absolute Gasteiger partial charge is 0.756 e. The van der Waals surface area contributed by atoms with Crippen LogP contribution in [0.5, 0.6) is 0 Å². The molecule has 0 radical (unpaired) electrons. The molecule has 44 heavy (non-hydrogen) atoms. The first kappa shape index (κ1) is 43.2. The standard InChI is InChI=1S/C35H71N2O6P/c1-13-20-32(3,4)27-34(7,8)22-16-15-18-30(38)29(26-43-44(40,41)42-25-24-37(11)12)36-31(39)19-17-23-35(9,10)28-33(5,6)21-14-2/h15,18,29-30,38H,13-14,16-17,19-28H2,1-12H3,(H,36,39)(H,40,41). The van der Waals surface area contributed by atoms with E-state index in [-0.39, 0.29) is 34.2 Å². The van der Waals surface area contributed by atoms with E-state index in [4.69, 9.17) is 9.05 Å². The second kappa shape index (κ2) is 19.8. The molecule has 0 rings (SSSR count). The number of quaternary nitrogens is 1. The second-order valence-corrected chi connectivity index (χ2v) is 17.9. The number of aliphatic hydroxyl groups excluding tert-OH is 1. The first-order valence-electron chi connectivity index (χ1n) is 17.1. The number of carbonyl (C=O) groups excluding carboxylic acids is 1. The van der Waals surface area contributed by atoms with Crippen LogP contribution in [0.15, 0.2) is 12.2 Å². The Morgan fingerprint density at radius 2 is 1.39 bits per heavy atom. The third-order valence-corrected chi connectivity index (χ3v) is 9.33. The number of nitrogens with one attached hydrogen (secondary N) is 2. The Balaban J connectivity index is 5.31. The first-order chi connectivity index (χ1) is 20.0. The van der Waals surface area contributed by atoms with Crippen molar-refractivity contribution in [1.82, 2.24) is 5.32 Å². The highest BCUT2D eigenvalue weighted by Gasteiger charge is 2.29. The maximum atomic E-state index is 13.0. The number of hydrogen-bond acceptors (Lipinski definition) is 6. The van der Waals surface area contributed by atoms with Crippen molar-refractivity contribution >= 4 is 13.7 Å². The summed E-state index contributed by atoms with van der Waals surface area (Å²) in [5.41, 5.74) is 0.773. The molecule has 3 atom stereocenters. The van der Waals surface area contributed by atoms with E-state index in [0.717, 1.165) is 49.8 Å². The fourth-order valence-electron chi connectivity index (χ4n) is 6.94. The maximum Gasteiger partial charge on any atom is 0.268 e. The average molecular weight is 647 g/mol. The van der Waals surface area contributed by atoms with Crippen LogP contribution in [0.25, 0.3) is 0 Å². The number of carbonyl (C=O) groups is 1. The van der Waals surface area contributed by atoms with E-state index in [1.807, 2.05) is 20.2 Å². The van der Waals surface area contributed by atoms with Crippen LogP contribution in [0.4, 0.5) is 0 Å². The topological polar surface area (TPSA) is 112 Å². The van der Waals surface area contributed by atoms with E-state index >= 15 is 0 Å². The van der Waals surface area contributed by atoms with Crippen molar-refractivity contribution in [3.63, 3.8) is 0 Å². The Kier molecular flexibility index (Phi) is 19.5. The molecule has 3 unspecified atom stereocenters. The van der Waals surface area contributed by atoms with Crippen LogP contribution in [0.1, 0.15) is 140 Å². The van der Waals surface area contributed by atoms with E-state index in [0.29, 0.717) is 19.4 Å². The molecular weight excluding hydrogens is 575 g/mol. The van der Waals surface area contributed by atoms with Crippen molar-refractivity contribution in [2.45, 2.75) is 152 Å². The lowest BCUT2D eigenvalue weighted by Crippen LogP contribution is -3.06.